The van der Waals surface area contributed by atoms with Crippen molar-refractivity contribution in [1.29, 1.82) is 5.26 Å². The number of benzene rings is 1. The summed E-state index contributed by atoms with van der Waals surface area (Å²) in [6, 6.07) is 10.2. The number of hydrogen-bond donors (Lipinski definition) is 1. The van der Waals surface area contributed by atoms with E-state index in [-0.39, 0.29) is 5.78 Å². The Morgan fingerprint density at radius 2 is 1.92 bits per heavy atom. The number of carboxylic acid groups (broad SMARTS) is 1. The molecule has 0 radical (unpaired) electrons. The van der Waals surface area contributed by atoms with Gasteiger partial charge < -0.3 is 9.67 Å². The lowest BCUT2D eigenvalue weighted by atomic mass is 10.00. The summed E-state index contributed by atoms with van der Waals surface area (Å²) in [5.41, 5.74) is 2.84. The first-order chi connectivity index (χ1) is 11.4. The standard InChI is InChI=1S/C19H20N2O3/c1-4-5-15(19(23)24)16-10-12(2)17(21(16)3)18(22)14-8-6-13(11-20)7-9-14/h6-10,15H,4-5H2,1-3H3,(H,23,24). The molecule has 0 fully saturated rings. The molecule has 0 spiro atoms. The van der Waals surface area contributed by atoms with Crippen molar-refractivity contribution < 1.29 is 14.7 Å². The van der Waals surface area contributed by atoms with E-state index in [0.29, 0.717) is 28.9 Å². The molecular formula is C19H20N2O3. The number of nitriles is 1. The Labute approximate surface area is 141 Å². The Morgan fingerprint density at radius 1 is 1.29 bits per heavy atom. The molecule has 0 saturated carbocycles. The van der Waals surface area contributed by atoms with Gasteiger partial charge in [-0.3, -0.25) is 9.59 Å². The van der Waals surface area contributed by atoms with E-state index in [4.69, 9.17) is 5.26 Å². The van der Waals surface area contributed by atoms with Gasteiger partial charge in [0.2, 0.25) is 5.78 Å². The van der Waals surface area contributed by atoms with E-state index >= 15 is 0 Å². The molecule has 1 atom stereocenters. The first kappa shape index (κ1) is 17.5. The topological polar surface area (TPSA) is 83.1 Å². The number of carbonyl (C=O) groups excluding carboxylic acids is 1. The van der Waals surface area contributed by atoms with Gasteiger partial charge in [0.25, 0.3) is 0 Å². The third kappa shape index (κ3) is 3.23. The summed E-state index contributed by atoms with van der Waals surface area (Å²) in [5, 5.41) is 18.3. The lowest BCUT2D eigenvalue weighted by molar-refractivity contribution is -0.139. The zero-order valence-electron chi connectivity index (χ0n) is 14.0. The smallest absolute Gasteiger partial charge is 0.312 e. The number of rotatable bonds is 6. The van der Waals surface area contributed by atoms with Crippen LogP contribution in [-0.2, 0) is 11.8 Å². The maximum atomic E-state index is 12.8. The van der Waals surface area contributed by atoms with Gasteiger partial charge in [-0.2, -0.15) is 5.26 Å². The average molecular weight is 324 g/mol. The molecule has 1 aromatic carbocycles. The number of carboxylic acids is 1. The summed E-state index contributed by atoms with van der Waals surface area (Å²) in [7, 11) is 1.73. The van der Waals surface area contributed by atoms with Crippen molar-refractivity contribution in [3.05, 3.63) is 58.4 Å². The van der Waals surface area contributed by atoms with Crippen LogP contribution in [0, 0.1) is 18.3 Å². The second kappa shape index (κ2) is 7.14. The molecule has 5 nitrogen and oxygen atoms in total. The van der Waals surface area contributed by atoms with Crippen LogP contribution in [0.3, 0.4) is 0 Å². The SMILES string of the molecule is CCCC(C(=O)O)c1cc(C)c(C(=O)c2ccc(C#N)cc2)n1C. The molecule has 1 N–H and O–H groups in total. The highest BCUT2D eigenvalue weighted by atomic mass is 16.4. The Kier molecular flexibility index (Phi) is 5.20. The second-order valence-electron chi connectivity index (χ2n) is 5.86. The van der Waals surface area contributed by atoms with Crippen LogP contribution in [0.1, 0.15) is 58.6 Å². The van der Waals surface area contributed by atoms with Crippen LogP contribution in [0.15, 0.2) is 30.3 Å². The van der Waals surface area contributed by atoms with Crippen molar-refractivity contribution in [2.75, 3.05) is 0 Å². The van der Waals surface area contributed by atoms with Crippen molar-refractivity contribution in [3.8, 4) is 6.07 Å². The van der Waals surface area contributed by atoms with E-state index in [1.807, 2.05) is 19.9 Å². The fourth-order valence-electron chi connectivity index (χ4n) is 2.97. The monoisotopic (exact) mass is 324 g/mol. The highest BCUT2D eigenvalue weighted by Gasteiger charge is 2.26. The number of carbonyl (C=O) groups is 2. The molecule has 5 heteroatoms. The van der Waals surface area contributed by atoms with Gasteiger partial charge in [0.1, 0.15) is 0 Å². The van der Waals surface area contributed by atoms with Crippen LogP contribution < -0.4 is 0 Å². The van der Waals surface area contributed by atoms with Crippen LogP contribution in [0.25, 0.3) is 0 Å². The molecule has 2 aromatic rings. The van der Waals surface area contributed by atoms with Crippen molar-refractivity contribution >= 4 is 11.8 Å². The first-order valence-corrected chi connectivity index (χ1v) is 7.84. The van der Waals surface area contributed by atoms with Gasteiger partial charge in [0.05, 0.1) is 23.2 Å². The Balaban J connectivity index is 2.45. The predicted molar refractivity (Wildman–Crippen MR) is 90.0 cm³/mol. The number of aliphatic carboxylic acids is 1. The van der Waals surface area contributed by atoms with Gasteiger partial charge in [0, 0.05) is 18.3 Å². The maximum Gasteiger partial charge on any atom is 0.312 e. The molecule has 0 aliphatic heterocycles. The average Bonchev–Trinajstić information content (AvgIpc) is 2.86. The summed E-state index contributed by atoms with van der Waals surface area (Å²) >= 11 is 0. The number of nitrogens with zero attached hydrogens (tertiary/aromatic N) is 2. The van der Waals surface area contributed by atoms with Crippen molar-refractivity contribution in [1.82, 2.24) is 4.57 Å². The number of ketones is 1. The van der Waals surface area contributed by atoms with Crippen molar-refractivity contribution in [3.63, 3.8) is 0 Å². The van der Waals surface area contributed by atoms with Gasteiger partial charge >= 0.3 is 5.97 Å². The van der Waals surface area contributed by atoms with Crippen molar-refractivity contribution in [2.24, 2.45) is 7.05 Å². The molecule has 24 heavy (non-hydrogen) atoms. The molecule has 2 rings (SSSR count). The summed E-state index contributed by atoms with van der Waals surface area (Å²) in [5.74, 6) is -1.68. The number of aromatic nitrogens is 1. The largest absolute Gasteiger partial charge is 0.481 e. The number of aryl methyl sites for hydroxylation is 1. The van der Waals surface area contributed by atoms with Gasteiger partial charge in [-0.15, -0.1) is 0 Å². The first-order valence-electron chi connectivity index (χ1n) is 7.84. The molecule has 1 heterocycles. The molecule has 0 aliphatic carbocycles. The van der Waals surface area contributed by atoms with E-state index < -0.39 is 11.9 Å². The Bertz CT molecular complexity index is 810. The zero-order chi connectivity index (χ0) is 17.9. The summed E-state index contributed by atoms with van der Waals surface area (Å²) < 4.78 is 1.68. The quantitative estimate of drug-likeness (QED) is 0.825. The van der Waals surface area contributed by atoms with Crippen LogP contribution in [0.2, 0.25) is 0 Å². The van der Waals surface area contributed by atoms with E-state index in [0.717, 1.165) is 12.0 Å². The van der Waals surface area contributed by atoms with Gasteiger partial charge in [-0.25, -0.2) is 0 Å². The summed E-state index contributed by atoms with van der Waals surface area (Å²) in [6.45, 7) is 3.75. The Hall–Kier alpha value is -2.87. The molecule has 0 bridgehead atoms. The minimum atomic E-state index is -0.880. The van der Waals surface area contributed by atoms with E-state index in [1.165, 1.54) is 0 Å². The normalized spacial score (nSPS) is 11.8. The summed E-state index contributed by atoms with van der Waals surface area (Å²) in [4.78, 5) is 24.3. The minimum absolute atomic E-state index is 0.175. The van der Waals surface area contributed by atoms with E-state index in [9.17, 15) is 14.7 Å². The molecule has 1 aromatic heterocycles. The van der Waals surface area contributed by atoms with Crippen LogP contribution in [0.5, 0.6) is 0 Å². The molecule has 0 saturated heterocycles. The van der Waals surface area contributed by atoms with E-state index in [1.54, 1.807) is 41.9 Å². The van der Waals surface area contributed by atoms with Crippen LogP contribution in [0.4, 0.5) is 0 Å². The fourth-order valence-corrected chi connectivity index (χ4v) is 2.97. The molecular weight excluding hydrogens is 304 g/mol. The maximum absolute atomic E-state index is 12.8. The Morgan fingerprint density at radius 3 is 2.42 bits per heavy atom. The minimum Gasteiger partial charge on any atom is -0.481 e. The molecule has 0 amide bonds. The highest BCUT2D eigenvalue weighted by Crippen LogP contribution is 2.27. The highest BCUT2D eigenvalue weighted by molar-refractivity contribution is 6.09. The fraction of sp³-hybridized carbons (Fsp3) is 0.316. The molecule has 1 unspecified atom stereocenters. The second-order valence-corrected chi connectivity index (χ2v) is 5.86. The predicted octanol–water partition coefficient (Wildman–Crippen LogP) is 3.40. The van der Waals surface area contributed by atoms with E-state index in [2.05, 4.69) is 0 Å². The number of hydrogen-bond acceptors (Lipinski definition) is 3. The third-order valence-electron chi connectivity index (χ3n) is 4.18. The lowest BCUT2D eigenvalue weighted by Crippen LogP contribution is -2.17. The van der Waals surface area contributed by atoms with Gasteiger partial charge in [0.15, 0.2) is 0 Å². The lowest BCUT2D eigenvalue weighted by Gasteiger charge is -2.14. The zero-order valence-corrected chi connectivity index (χ0v) is 14.0. The molecule has 0 aliphatic rings. The third-order valence-corrected chi connectivity index (χ3v) is 4.18. The van der Waals surface area contributed by atoms with Gasteiger partial charge in [-0.05, 0) is 49.2 Å². The van der Waals surface area contributed by atoms with Crippen LogP contribution in [-0.4, -0.2) is 21.4 Å². The summed E-state index contributed by atoms with van der Waals surface area (Å²) in [6.07, 6.45) is 1.28. The van der Waals surface area contributed by atoms with Crippen LogP contribution >= 0.6 is 0 Å². The van der Waals surface area contributed by atoms with Gasteiger partial charge in [-0.1, -0.05) is 13.3 Å². The molecule has 124 valence electrons. The van der Waals surface area contributed by atoms with Crippen molar-refractivity contribution in [2.45, 2.75) is 32.6 Å².